The van der Waals surface area contributed by atoms with E-state index in [2.05, 4.69) is 6.08 Å². The second-order valence-corrected chi connectivity index (χ2v) is 8.67. The number of piperidine rings is 1. The van der Waals surface area contributed by atoms with Gasteiger partial charge in [-0.25, -0.2) is 4.79 Å². The number of fused-ring (bicyclic) bond motifs is 2. The van der Waals surface area contributed by atoms with E-state index in [0.29, 0.717) is 12.6 Å². The van der Waals surface area contributed by atoms with Crippen molar-refractivity contribution in [2.45, 2.75) is 89.3 Å². The lowest BCUT2D eigenvalue weighted by molar-refractivity contribution is 0.0478. The molecular weight excluding hydrogens is 334 g/mol. The number of hydrogen-bond acceptors (Lipinski definition) is 2. The Morgan fingerprint density at radius 3 is 2.59 bits per heavy atom. The predicted octanol–water partition coefficient (Wildman–Crippen LogP) is 6.24. The second-order valence-electron chi connectivity index (χ2n) is 8.67. The number of nitrogens with zero attached hydrogens (tertiary/aromatic N) is 1. The SMILES string of the molecule is O=C(OCc1ccccc1)N1C2C=C(CCC3CCCCC3)CC1CCC2. The van der Waals surface area contributed by atoms with Crippen LogP contribution in [-0.4, -0.2) is 23.1 Å². The summed E-state index contributed by atoms with van der Waals surface area (Å²) in [5.74, 6) is 0.938. The number of rotatable bonds is 5. The van der Waals surface area contributed by atoms with Gasteiger partial charge >= 0.3 is 6.09 Å². The number of hydrogen-bond donors (Lipinski definition) is 0. The molecule has 2 fully saturated rings. The van der Waals surface area contributed by atoms with Crippen LogP contribution in [0.2, 0.25) is 0 Å². The van der Waals surface area contributed by atoms with E-state index >= 15 is 0 Å². The van der Waals surface area contributed by atoms with Crippen LogP contribution < -0.4 is 0 Å². The highest BCUT2D eigenvalue weighted by atomic mass is 16.6. The molecule has 2 atom stereocenters. The molecule has 146 valence electrons. The smallest absolute Gasteiger partial charge is 0.410 e. The molecule has 2 bridgehead atoms. The quantitative estimate of drug-likeness (QED) is 0.577. The molecule has 3 aliphatic rings. The Morgan fingerprint density at radius 1 is 1.00 bits per heavy atom. The first-order valence-corrected chi connectivity index (χ1v) is 11.0. The average molecular weight is 368 g/mol. The number of ether oxygens (including phenoxy) is 1. The minimum atomic E-state index is -0.129. The zero-order valence-electron chi connectivity index (χ0n) is 16.4. The molecule has 2 unspecified atom stereocenters. The van der Waals surface area contributed by atoms with E-state index in [4.69, 9.17) is 4.74 Å². The molecule has 4 rings (SSSR count). The molecule has 0 spiro atoms. The number of amides is 1. The van der Waals surface area contributed by atoms with Crippen LogP contribution in [0.15, 0.2) is 42.0 Å². The molecular formula is C24H33NO2. The van der Waals surface area contributed by atoms with Gasteiger partial charge in [0, 0.05) is 6.04 Å². The molecule has 3 heteroatoms. The first-order valence-electron chi connectivity index (χ1n) is 11.0. The van der Waals surface area contributed by atoms with Crippen molar-refractivity contribution in [2.75, 3.05) is 0 Å². The molecule has 1 saturated carbocycles. The monoisotopic (exact) mass is 367 g/mol. The van der Waals surface area contributed by atoms with Gasteiger partial charge in [-0.2, -0.15) is 0 Å². The molecule has 0 aromatic heterocycles. The summed E-state index contributed by atoms with van der Waals surface area (Å²) in [6.45, 7) is 0.369. The van der Waals surface area contributed by atoms with Crippen LogP contribution in [-0.2, 0) is 11.3 Å². The third-order valence-corrected chi connectivity index (χ3v) is 6.73. The van der Waals surface area contributed by atoms with Crippen LogP contribution in [0.4, 0.5) is 4.79 Å². The summed E-state index contributed by atoms with van der Waals surface area (Å²) in [5, 5.41) is 0. The van der Waals surface area contributed by atoms with E-state index in [1.807, 2.05) is 35.2 Å². The average Bonchev–Trinajstić information content (AvgIpc) is 2.71. The van der Waals surface area contributed by atoms with Crippen LogP contribution in [0.25, 0.3) is 0 Å². The predicted molar refractivity (Wildman–Crippen MR) is 108 cm³/mol. The highest BCUT2D eigenvalue weighted by molar-refractivity contribution is 5.69. The molecule has 0 radical (unpaired) electrons. The molecule has 3 nitrogen and oxygen atoms in total. The summed E-state index contributed by atoms with van der Waals surface area (Å²) < 4.78 is 5.65. The van der Waals surface area contributed by atoms with Crippen LogP contribution in [0.3, 0.4) is 0 Å². The van der Waals surface area contributed by atoms with Gasteiger partial charge < -0.3 is 4.74 Å². The highest BCUT2D eigenvalue weighted by Crippen LogP contribution is 2.37. The van der Waals surface area contributed by atoms with E-state index in [9.17, 15) is 4.79 Å². The van der Waals surface area contributed by atoms with Crippen LogP contribution in [0.1, 0.15) is 76.2 Å². The van der Waals surface area contributed by atoms with Gasteiger partial charge in [0.2, 0.25) is 0 Å². The van der Waals surface area contributed by atoms with E-state index in [0.717, 1.165) is 30.7 Å². The molecule has 2 aliphatic heterocycles. The minimum Gasteiger partial charge on any atom is -0.445 e. The maximum Gasteiger partial charge on any atom is 0.410 e. The zero-order valence-corrected chi connectivity index (χ0v) is 16.4. The fourth-order valence-electron chi connectivity index (χ4n) is 5.25. The van der Waals surface area contributed by atoms with E-state index in [-0.39, 0.29) is 12.1 Å². The maximum absolute atomic E-state index is 12.8. The molecule has 2 heterocycles. The van der Waals surface area contributed by atoms with Gasteiger partial charge in [0.1, 0.15) is 6.61 Å². The summed E-state index contributed by atoms with van der Waals surface area (Å²) in [4.78, 5) is 14.8. The first kappa shape index (κ1) is 18.6. The van der Waals surface area contributed by atoms with Crippen LogP contribution >= 0.6 is 0 Å². The van der Waals surface area contributed by atoms with Crippen LogP contribution in [0, 0.1) is 5.92 Å². The highest BCUT2D eigenvalue weighted by Gasteiger charge is 2.37. The Bertz CT molecular complexity index is 648. The normalized spacial score (nSPS) is 25.8. The molecule has 0 N–H and O–H groups in total. The maximum atomic E-state index is 12.8. The summed E-state index contributed by atoms with van der Waals surface area (Å²) in [5.41, 5.74) is 2.65. The van der Waals surface area contributed by atoms with Gasteiger partial charge in [0.15, 0.2) is 0 Å². The van der Waals surface area contributed by atoms with Crippen LogP contribution in [0.5, 0.6) is 0 Å². The summed E-state index contributed by atoms with van der Waals surface area (Å²) in [6, 6.07) is 10.6. The molecule has 1 aromatic carbocycles. The Hall–Kier alpha value is -1.77. The number of benzene rings is 1. The van der Waals surface area contributed by atoms with Crippen molar-refractivity contribution in [3.05, 3.63) is 47.5 Å². The fourth-order valence-corrected chi connectivity index (χ4v) is 5.25. The number of carbonyl (C=O) groups excluding carboxylic acids is 1. The third-order valence-electron chi connectivity index (χ3n) is 6.73. The van der Waals surface area contributed by atoms with Crippen molar-refractivity contribution in [2.24, 2.45) is 5.92 Å². The summed E-state index contributed by atoms with van der Waals surface area (Å²) in [7, 11) is 0. The van der Waals surface area contributed by atoms with E-state index < -0.39 is 0 Å². The Balaban J connectivity index is 1.34. The lowest BCUT2D eigenvalue weighted by Gasteiger charge is -2.44. The lowest BCUT2D eigenvalue weighted by atomic mass is 9.81. The number of carbonyl (C=O) groups is 1. The van der Waals surface area contributed by atoms with Crippen molar-refractivity contribution >= 4 is 6.09 Å². The van der Waals surface area contributed by atoms with Crippen molar-refractivity contribution in [3.8, 4) is 0 Å². The Labute approximate surface area is 163 Å². The fraction of sp³-hybridized carbons (Fsp3) is 0.625. The van der Waals surface area contributed by atoms with Gasteiger partial charge in [0.25, 0.3) is 0 Å². The van der Waals surface area contributed by atoms with Crippen molar-refractivity contribution < 1.29 is 9.53 Å². The lowest BCUT2D eigenvalue weighted by Crippen LogP contribution is -2.51. The molecule has 1 saturated heterocycles. The van der Waals surface area contributed by atoms with Gasteiger partial charge in [0.05, 0.1) is 6.04 Å². The van der Waals surface area contributed by atoms with Crippen molar-refractivity contribution in [1.29, 1.82) is 0 Å². The van der Waals surface area contributed by atoms with Gasteiger partial charge in [-0.05, 0) is 50.0 Å². The van der Waals surface area contributed by atoms with E-state index in [1.165, 1.54) is 51.4 Å². The first-order chi connectivity index (χ1) is 13.3. The van der Waals surface area contributed by atoms with E-state index in [1.54, 1.807) is 5.57 Å². The Kier molecular flexibility index (Phi) is 6.16. The minimum absolute atomic E-state index is 0.129. The topological polar surface area (TPSA) is 29.5 Å². The second kappa shape index (κ2) is 8.95. The third kappa shape index (κ3) is 4.75. The largest absolute Gasteiger partial charge is 0.445 e. The van der Waals surface area contributed by atoms with Crippen molar-refractivity contribution in [3.63, 3.8) is 0 Å². The summed E-state index contributed by atoms with van der Waals surface area (Å²) >= 11 is 0. The van der Waals surface area contributed by atoms with Gasteiger partial charge in [-0.15, -0.1) is 0 Å². The standard InChI is InChI=1S/C24H33NO2/c26-24(27-18-20-10-5-2-6-11-20)25-22-12-7-13-23(25)17-21(16-22)15-14-19-8-3-1-4-9-19/h2,5-6,10-11,16,19,22-23H,1,3-4,7-9,12-15,17-18H2. The molecule has 1 aromatic rings. The Morgan fingerprint density at radius 2 is 1.81 bits per heavy atom. The van der Waals surface area contributed by atoms with Crippen molar-refractivity contribution in [1.82, 2.24) is 4.90 Å². The van der Waals surface area contributed by atoms with Gasteiger partial charge in [-0.3, -0.25) is 4.90 Å². The summed E-state index contributed by atoms with van der Waals surface area (Å²) in [6.07, 6.45) is 16.5. The molecule has 27 heavy (non-hydrogen) atoms. The molecule has 1 amide bonds. The van der Waals surface area contributed by atoms with Gasteiger partial charge in [-0.1, -0.05) is 74.1 Å². The molecule has 1 aliphatic carbocycles. The zero-order chi connectivity index (χ0) is 18.5.